The molecule has 0 amide bonds. The van der Waals surface area contributed by atoms with Gasteiger partial charge in [-0.05, 0) is 44.0 Å². The zero-order valence-corrected chi connectivity index (χ0v) is 10.6. The summed E-state index contributed by atoms with van der Waals surface area (Å²) < 4.78 is 30.9. The highest BCUT2D eigenvalue weighted by Crippen LogP contribution is 2.27. The molecule has 14 heavy (non-hydrogen) atoms. The van der Waals surface area contributed by atoms with E-state index in [1.807, 2.05) is 0 Å². The Morgan fingerprint density at radius 1 is 1.21 bits per heavy atom. The lowest BCUT2D eigenvalue weighted by Crippen LogP contribution is -1.99. The Labute approximate surface area is 97.3 Å². The maximum Gasteiger partial charge on any atom is 0.294 e. The van der Waals surface area contributed by atoms with Crippen LogP contribution in [0.25, 0.3) is 0 Å². The van der Waals surface area contributed by atoms with E-state index in [1.165, 1.54) is 0 Å². The minimum atomic E-state index is -4.25. The van der Waals surface area contributed by atoms with Crippen LogP contribution in [0.3, 0.4) is 0 Å². The van der Waals surface area contributed by atoms with E-state index in [2.05, 4.69) is 31.9 Å². The molecule has 0 radical (unpaired) electrons. The van der Waals surface area contributed by atoms with E-state index < -0.39 is 10.1 Å². The second-order valence-corrected chi connectivity index (χ2v) is 5.52. The number of benzene rings is 1. The largest absolute Gasteiger partial charge is 0.298 e. The van der Waals surface area contributed by atoms with Crippen LogP contribution in [-0.4, -0.2) is 19.3 Å². The molecule has 0 aliphatic heterocycles. The fraction of sp³-hybridized carbons (Fsp3) is 0. The van der Waals surface area contributed by atoms with Crippen molar-refractivity contribution in [3.05, 3.63) is 26.6 Å². The van der Waals surface area contributed by atoms with Crippen molar-refractivity contribution in [1.29, 1.82) is 0 Å². The van der Waals surface area contributed by atoms with Crippen molar-refractivity contribution in [3.8, 4) is 0 Å². The van der Waals surface area contributed by atoms with Crippen LogP contribution < -0.4 is 0 Å². The smallest absolute Gasteiger partial charge is 0.294 e. The summed E-state index contributed by atoms with van der Waals surface area (Å²) in [7, 11) is -4.25. The standard InChI is InChI=1S/C7H4Br2O4S/c8-6-1-4(14(11,12)13)2-7(9)5(6)3-10/h1-3H,(H,11,12,13). The van der Waals surface area contributed by atoms with Gasteiger partial charge in [0.2, 0.25) is 0 Å². The fourth-order valence-electron chi connectivity index (χ4n) is 0.823. The third-order valence-electron chi connectivity index (χ3n) is 1.47. The molecule has 1 aromatic rings. The fourth-order valence-corrected chi connectivity index (χ4v) is 3.03. The monoisotopic (exact) mass is 342 g/mol. The van der Waals surface area contributed by atoms with Crippen LogP contribution in [0.5, 0.6) is 0 Å². The Kier molecular flexibility index (Phi) is 3.46. The topological polar surface area (TPSA) is 71.4 Å². The molecule has 1 aromatic carbocycles. The molecule has 0 heterocycles. The highest BCUT2D eigenvalue weighted by atomic mass is 79.9. The predicted molar refractivity (Wildman–Crippen MR) is 57.0 cm³/mol. The van der Waals surface area contributed by atoms with E-state index in [9.17, 15) is 13.2 Å². The van der Waals surface area contributed by atoms with Gasteiger partial charge in [-0.15, -0.1) is 0 Å². The Hall–Kier alpha value is -0.240. The molecule has 0 aliphatic rings. The molecule has 0 bridgehead atoms. The van der Waals surface area contributed by atoms with Crippen LogP contribution in [0.2, 0.25) is 0 Å². The molecule has 0 spiro atoms. The summed E-state index contributed by atoms with van der Waals surface area (Å²) in [6, 6.07) is 2.31. The van der Waals surface area contributed by atoms with Crippen molar-refractivity contribution < 1.29 is 17.8 Å². The van der Waals surface area contributed by atoms with Crippen molar-refractivity contribution in [3.63, 3.8) is 0 Å². The van der Waals surface area contributed by atoms with Gasteiger partial charge in [0, 0.05) is 14.5 Å². The van der Waals surface area contributed by atoms with Gasteiger partial charge in [0.15, 0.2) is 6.29 Å². The average Bonchev–Trinajstić information content (AvgIpc) is 2.01. The summed E-state index contributed by atoms with van der Waals surface area (Å²) in [6.07, 6.45) is 0.571. The summed E-state index contributed by atoms with van der Waals surface area (Å²) >= 11 is 6.03. The van der Waals surface area contributed by atoms with Crippen LogP contribution in [0.4, 0.5) is 0 Å². The summed E-state index contributed by atoms with van der Waals surface area (Å²) in [5.74, 6) is 0. The molecule has 0 unspecified atom stereocenters. The summed E-state index contributed by atoms with van der Waals surface area (Å²) in [4.78, 5) is 10.3. The molecular formula is C7H4Br2O4S. The number of carbonyl (C=O) groups excluding carboxylic acids is 1. The molecule has 0 saturated heterocycles. The van der Waals surface area contributed by atoms with E-state index >= 15 is 0 Å². The number of hydrogen-bond donors (Lipinski definition) is 1. The third kappa shape index (κ3) is 2.41. The van der Waals surface area contributed by atoms with Gasteiger partial charge >= 0.3 is 0 Å². The first-order valence-corrected chi connectivity index (χ1v) is 6.30. The Morgan fingerprint density at radius 2 is 1.64 bits per heavy atom. The molecule has 0 saturated carbocycles. The van der Waals surface area contributed by atoms with Gasteiger partial charge in [-0.3, -0.25) is 9.35 Å². The number of aldehydes is 1. The summed E-state index contributed by atoms with van der Waals surface area (Å²) in [6.45, 7) is 0. The number of hydrogen-bond acceptors (Lipinski definition) is 3. The molecule has 1 rings (SSSR count). The maximum absolute atomic E-state index is 10.8. The normalized spacial score (nSPS) is 11.4. The lowest BCUT2D eigenvalue weighted by atomic mass is 10.2. The van der Waals surface area contributed by atoms with Crippen LogP contribution in [0.15, 0.2) is 26.0 Å². The molecule has 4 nitrogen and oxygen atoms in total. The Morgan fingerprint density at radius 3 is 1.93 bits per heavy atom. The van der Waals surface area contributed by atoms with Gasteiger partial charge in [-0.2, -0.15) is 8.42 Å². The number of rotatable bonds is 2. The third-order valence-corrected chi connectivity index (χ3v) is 3.61. The number of halogens is 2. The molecule has 76 valence electrons. The first kappa shape index (κ1) is 11.8. The van der Waals surface area contributed by atoms with E-state index in [0.717, 1.165) is 12.1 Å². The van der Waals surface area contributed by atoms with Gasteiger partial charge in [-0.1, -0.05) is 0 Å². The van der Waals surface area contributed by atoms with Gasteiger partial charge in [0.05, 0.1) is 4.90 Å². The highest BCUT2D eigenvalue weighted by molar-refractivity contribution is 9.11. The minimum absolute atomic E-state index is 0.276. The van der Waals surface area contributed by atoms with Gasteiger partial charge in [0.1, 0.15) is 0 Å². The molecule has 7 heteroatoms. The molecule has 1 N–H and O–H groups in total. The maximum atomic E-state index is 10.8. The van der Waals surface area contributed by atoms with E-state index in [0.29, 0.717) is 15.2 Å². The van der Waals surface area contributed by atoms with Crippen LogP contribution >= 0.6 is 31.9 Å². The van der Waals surface area contributed by atoms with Crippen molar-refractivity contribution in [2.45, 2.75) is 4.90 Å². The number of carbonyl (C=O) groups is 1. The Balaban J connectivity index is 3.50. The molecule has 0 aromatic heterocycles. The zero-order valence-electron chi connectivity index (χ0n) is 6.57. The minimum Gasteiger partial charge on any atom is -0.298 e. The molecule has 0 fully saturated rings. The van der Waals surface area contributed by atoms with E-state index in [4.69, 9.17) is 4.55 Å². The van der Waals surface area contributed by atoms with E-state index in [-0.39, 0.29) is 10.5 Å². The molecule has 0 atom stereocenters. The summed E-state index contributed by atoms with van der Waals surface area (Å²) in [5.41, 5.74) is 0.289. The predicted octanol–water partition coefficient (Wildman–Crippen LogP) is 2.27. The van der Waals surface area contributed by atoms with Crippen molar-refractivity contribution in [2.24, 2.45) is 0 Å². The van der Waals surface area contributed by atoms with Crippen LogP contribution in [0, 0.1) is 0 Å². The first-order chi connectivity index (χ1) is 6.36. The second kappa shape index (κ2) is 4.09. The summed E-state index contributed by atoms with van der Waals surface area (Å²) in [5, 5.41) is 0. The van der Waals surface area contributed by atoms with Crippen LogP contribution in [0.1, 0.15) is 10.4 Å². The van der Waals surface area contributed by atoms with Crippen molar-refractivity contribution in [1.82, 2.24) is 0 Å². The van der Waals surface area contributed by atoms with Gasteiger partial charge in [-0.25, -0.2) is 0 Å². The SMILES string of the molecule is O=Cc1c(Br)cc(S(=O)(=O)O)cc1Br. The van der Waals surface area contributed by atoms with Gasteiger partial charge in [0.25, 0.3) is 10.1 Å². The van der Waals surface area contributed by atoms with Crippen LogP contribution in [-0.2, 0) is 10.1 Å². The highest BCUT2D eigenvalue weighted by Gasteiger charge is 2.14. The molecule has 0 aliphatic carbocycles. The first-order valence-electron chi connectivity index (χ1n) is 3.28. The molecular weight excluding hydrogens is 340 g/mol. The lowest BCUT2D eigenvalue weighted by Gasteiger charge is -2.03. The van der Waals surface area contributed by atoms with E-state index in [1.54, 1.807) is 0 Å². The lowest BCUT2D eigenvalue weighted by molar-refractivity contribution is 0.112. The van der Waals surface area contributed by atoms with Gasteiger partial charge < -0.3 is 0 Å². The Bertz CT molecular complexity index is 457. The van der Waals surface area contributed by atoms with Crippen molar-refractivity contribution in [2.75, 3.05) is 0 Å². The second-order valence-electron chi connectivity index (χ2n) is 2.39. The quantitative estimate of drug-likeness (QED) is 0.660. The average molecular weight is 344 g/mol. The zero-order chi connectivity index (χ0) is 10.9. The van der Waals surface area contributed by atoms with Crippen molar-refractivity contribution >= 4 is 48.3 Å².